The Bertz CT molecular complexity index is 2860. The molecule has 1 aliphatic carbocycles. The number of aromatic nitrogens is 5. The van der Waals surface area contributed by atoms with E-state index in [2.05, 4.69) is 79.8 Å². The molecule has 5 aliphatic heterocycles. The van der Waals surface area contributed by atoms with E-state index in [1.165, 1.54) is 24.5 Å². The lowest BCUT2D eigenvalue weighted by atomic mass is 9.86. The number of likely N-dealkylation sites (tertiary alicyclic amines) is 1. The zero-order valence-corrected chi connectivity index (χ0v) is 38.6. The minimum Gasteiger partial charge on any atom is -0.371 e. The van der Waals surface area contributed by atoms with Crippen LogP contribution in [-0.2, 0) is 14.4 Å². The Morgan fingerprint density at radius 2 is 1.49 bits per heavy atom. The summed E-state index contributed by atoms with van der Waals surface area (Å²) in [5.41, 5.74) is 4.81. The third-order valence-corrected chi connectivity index (χ3v) is 15.1. The number of nitrogens with one attached hydrogen (secondary N) is 3. The Balaban J connectivity index is 0.602. The molecule has 20 heteroatoms. The fourth-order valence-electron chi connectivity index (χ4n) is 11.0. The minimum atomic E-state index is -1.00. The lowest BCUT2D eigenvalue weighted by Crippen LogP contribution is -2.54. The summed E-state index contributed by atoms with van der Waals surface area (Å²) >= 11 is 0. The third kappa shape index (κ3) is 8.91. The van der Waals surface area contributed by atoms with Crippen molar-refractivity contribution in [2.24, 2.45) is 11.8 Å². The number of benzene rings is 2. The van der Waals surface area contributed by atoms with Crippen molar-refractivity contribution in [3.63, 3.8) is 0 Å². The van der Waals surface area contributed by atoms with Crippen molar-refractivity contribution in [1.29, 1.82) is 0 Å². The molecule has 3 aromatic heterocycles. The van der Waals surface area contributed by atoms with Gasteiger partial charge in [0.15, 0.2) is 17.0 Å². The average Bonchev–Trinajstić information content (AvgIpc) is 3.90. The zero-order chi connectivity index (χ0) is 48.0. The first-order valence-corrected chi connectivity index (χ1v) is 24.4. The molecule has 0 radical (unpaired) electrons. The van der Waals surface area contributed by atoms with E-state index in [1.807, 2.05) is 10.6 Å². The van der Waals surface area contributed by atoms with Gasteiger partial charge < -0.3 is 29.9 Å². The fourth-order valence-corrected chi connectivity index (χ4v) is 11.0. The molecular weight excluding hydrogens is 898 g/mol. The van der Waals surface area contributed by atoms with Gasteiger partial charge in [-0.05, 0) is 105 Å². The quantitative estimate of drug-likeness (QED) is 0.127. The van der Waals surface area contributed by atoms with Crippen LogP contribution in [0.1, 0.15) is 88.6 Å². The van der Waals surface area contributed by atoms with E-state index < -0.39 is 41.5 Å². The lowest BCUT2D eigenvalue weighted by Gasteiger charge is -2.41. The van der Waals surface area contributed by atoms with Crippen LogP contribution in [-0.4, -0.2) is 146 Å². The normalized spacial score (nSPS) is 22.6. The molecular formula is C50H54FN13O6. The van der Waals surface area contributed by atoms with Gasteiger partial charge in [0, 0.05) is 100 Å². The maximum atomic E-state index is 13.7. The van der Waals surface area contributed by atoms with Gasteiger partial charge in [0.25, 0.3) is 17.7 Å². The molecule has 0 spiro atoms. The number of hydrogen-bond donors (Lipinski definition) is 3. The first kappa shape index (κ1) is 45.1. The number of anilines is 4. The average molecular weight is 952 g/mol. The van der Waals surface area contributed by atoms with Gasteiger partial charge in [-0.15, -0.1) is 0 Å². The predicted octanol–water partition coefficient (Wildman–Crippen LogP) is 3.92. The summed E-state index contributed by atoms with van der Waals surface area (Å²) in [5.74, 6) is -1.81. The van der Waals surface area contributed by atoms with E-state index in [0.717, 1.165) is 80.6 Å². The SMILES string of the molecule is O=C1CC[C@H](N2C(=O)c3ccc(N4CCC(C(=O)N5CCC(CN6CCN(c7ccc(Nc8ncnc9c8ncn9C8CC(NC(=O)c9cccc(F)n9)C8)cc7)CC6)CC5)CC4)cc3C2=O)C(=O)N1. The van der Waals surface area contributed by atoms with Crippen LogP contribution in [0.2, 0.25) is 0 Å². The second-order valence-corrected chi connectivity index (χ2v) is 19.4. The summed E-state index contributed by atoms with van der Waals surface area (Å²) in [6, 6.07) is 16.8. The Morgan fingerprint density at radius 1 is 0.757 bits per heavy atom. The van der Waals surface area contributed by atoms with Crippen molar-refractivity contribution < 1.29 is 33.2 Å². The first-order valence-electron chi connectivity index (χ1n) is 24.4. The van der Waals surface area contributed by atoms with Gasteiger partial charge in [0.2, 0.25) is 23.7 Å². The summed E-state index contributed by atoms with van der Waals surface area (Å²) in [5, 5.41) is 8.59. The number of fused-ring (bicyclic) bond motifs is 2. The molecule has 0 bridgehead atoms. The Labute approximate surface area is 402 Å². The van der Waals surface area contributed by atoms with Gasteiger partial charge in [-0.1, -0.05) is 6.07 Å². The van der Waals surface area contributed by atoms with E-state index in [-0.39, 0.29) is 53.6 Å². The maximum Gasteiger partial charge on any atom is 0.270 e. The number of pyridine rings is 1. The highest BCUT2D eigenvalue weighted by atomic mass is 19.1. The molecule has 1 atom stereocenters. The molecule has 362 valence electrons. The Kier molecular flexibility index (Phi) is 12.2. The van der Waals surface area contributed by atoms with Crippen molar-refractivity contribution in [2.45, 2.75) is 69.5 Å². The number of piperazine rings is 1. The second kappa shape index (κ2) is 18.9. The van der Waals surface area contributed by atoms with E-state index in [4.69, 9.17) is 0 Å². The number of amides is 6. The van der Waals surface area contributed by atoms with Crippen molar-refractivity contribution in [2.75, 3.05) is 74.0 Å². The standard InChI is InChI=1S/C50H54FN13O6/c51-41-3-1-2-39(57-41)46(66)56-33-24-36(25-33)63-29-54-43-44(52-28-53-45(43)63)55-32-4-6-34(7-5-32)61-22-20-59(21-23-61)27-30-12-16-62(17-13-30)48(68)31-14-18-60(19-15-31)35-8-9-37-38(26-35)50(70)64(49(37)69)40-10-11-42(65)58-47(40)67/h1-9,26,28-31,33,36,40H,10-25,27H2,(H,56,66)(H,52,53,55)(H,58,65,67)/t33?,36?,40-/m0/s1. The molecule has 6 aliphatic rings. The predicted molar refractivity (Wildman–Crippen MR) is 255 cm³/mol. The van der Waals surface area contributed by atoms with Crippen LogP contribution < -0.4 is 25.8 Å². The molecule has 0 unspecified atom stereocenters. The first-order chi connectivity index (χ1) is 34.0. The highest BCUT2D eigenvalue weighted by Crippen LogP contribution is 2.36. The highest BCUT2D eigenvalue weighted by molar-refractivity contribution is 6.23. The molecule has 19 nitrogen and oxygen atoms in total. The number of hydrogen-bond acceptors (Lipinski definition) is 14. The molecule has 4 saturated heterocycles. The highest BCUT2D eigenvalue weighted by Gasteiger charge is 2.45. The van der Waals surface area contributed by atoms with Crippen molar-refractivity contribution in [3.05, 3.63) is 96.1 Å². The van der Waals surface area contributed by atoms with Crippen molar-refractivity contribution in [1.82, 2.24) is 49.8 Å². The lowest BCUT2D eigenvalue weighted by molar-refractivity contribution is -0.138. The molecule has 3 N–H and O–H groups in total. The number of rotatable bonds is 11. The maximum absolute atomic E-state index is 13.7. The van der Waals surface area contributed by atoms with Crippen LogP contribution in [0.15, 0.2) is 73.3 Å². The van der Waals surface area contributed by atoms with E-state index >= 15 is 0 Å². The molecule has 1 saturated carbocycles. The third-order valence-electron chi connectivity index (χ3n) is 15.1. The number of nitrogens with zero attached hydrogens (tertiary/aromatic N) is 10. The van der Waals surface area contributed by atoms with Crippen LogP contribution >= 0.6 is 0 Å². The number of imidazole rings is 1. The Hall–Kier alpha value is -7.35. The monoisotopic (exact) mass is 951 g/mol. The topological polar surface area (TPSA) is 211 Å². The number of carbonyl (C=O) groups excluding carboxylic acids is 6. The largest absolute Gasteiger partial charge is 0.371 e. The van der Waals surface area contributed by atoms with E-state index in [0.29, 0.717) is 61.7 Å². The molecule has 2 aromatic carbocycles. The number of carbonyl (C=O) groups is 6. The van der Waals surface area contributed by atoms with Crippen LogP contribution in [0.3, 0.4) is 0 Å². The summed E-state index contributed by atoms with van der Waals surface area (Å²) in [4.78, 5) is 104. The van der Waals surface area contributed by atoms with Gasteiger partial charge in [-0.2, -0.15) is 4.39 Å². The zero-order valence-electron chi connectivity index (χ0n) is 38.6. The van der Waals surface area contributed by atoms with Gasteiger partial charge >= 0.3 is 0 Å². The molecule has 8 heterocycles. The summed E-state index contributed by atoms with van der Waals surface area (Å²) < 4.78 is 15.5. The van der Waals surface area contributed by atoms with E-state index in [1.54, 1.807) is 18.5 Å². The smallest absolute Gasteiger partial charge is 0.270 e. The molecule has 70 heavy (non-hydrogen) atoms. The van der Waals surface area contributed by atoms with Gasteiger partial charge in [-0.3, -0.25) is 43.9 Å². The van der Waals surface area contributed by atoms with Crippen molar-refractivity contribution >= 4 is 69.5 Å². The van der Waals surface area contributed by atoms with Crippen molar-refractivity contribution in [3.8, 4) is 0 Å². The molecule has 11 rings (SSSR count). The molecule has 6 amide bonds. The van der Waals surface area contributed by atoms with Crippen LogP contribution in [0, 0.1) is 17.8 Å². The van der Waals surface area contributed by atoms with Gasteiger partial charge in [-0.25, -0.2) is 19.9 Å². The number of piperidine rings is 3. The Morgan fingerprint density at radius 3 is 2.23 bits per heavy atom. The summed E-state index contributed by atoms with van der Waals surface area (Å²) in [7, 11) is 0. The molecule has 5 fully saturated rings. The van der Waals surface area contributed by atoms with Crippen LogP contribution in [0.4, 0.5) is 27.3 Å². The fraction of sp³-hybridized carbons (Fsp3) is 0.440. The van der Waals surface area contributed by atoms with Crippen LogP contribution in [0.25, 0.3) is 11.2 Å². The van der Waals surface area contributed by atoms with Gasteiger partial charge in [0.05, 0.1) is 17.5 Å². The second-order valence-electron chi connectivity index (χ2n) is 19.4. The van der Waals surface area contributed by atoms with Gasteiger partial charge in [0.1, 0.15) is 18.1 Å². The summed E-state index contributed by atoms with van der Waals surface area (Å²) in [6.45, 7) is 7.72. The minimum absolute atomic E-state index is 0.0511. The number of imide groups is 2. The summed E-state index contributed by atoms with van der Waals surface area (Å²) in [6.07, 6.45) is 8.27. The van der Waals surface area contributed by atoms with E-state index in [9.17, 15) is 33.2 Å². The molecule has 5 aromatic rings. The number of halogens is 1. The van der Waals surface area contributed by atoms with Crippen LogP contribution in [0.5, 0.6) is 0 Å².